The molecule has 0 atom stereocenters. The summed E-state index contributed by atoms with van der Waals surface area (Å²) in [6.45, 7) is 0. The molecule has 1 nitrogen and oxygen atoms in total. The molecule has 0 fully saturated rings. The van der Waals surface area contributed by atoms with Gasteiger partial charge in [-0.2, -0.15) is 0 Å². The summed E-state index contributed by atoms with van der Waals surface area (Å²) in [4.78, 5) is 10.1. The number of hydrogen-bond acceptors (Lipinski definition) is 1. The van der Waals surface area contributed by atoms with E-state index < -0.39 is 0 Å². The van der Waals surface area contributed by atoms with Crippen LogP contribution in [0, 0.1) is 0 Å². The Morgan fingerprint density at radius 1 is 1.33 bits per heavy atom. The van der Waals surface area contributed by atoms with Gasteiger partial charge in [-0.1, -0.05) is 46.9 Å². The number of hydrogen-bond donors (Lipinski definition) is 0. The summed E-state index contributed by atoms with van der Waals surface area (Å²) in [6, 6.07) is 8.39. The number of rotatable bonds is 4. The summed E-state index contributed by atoms with van der Waals surface area (Å²) >= 11 is 2.34. The lowest BCUT2D eigenvalue weighted by Crippen LogP contribution is -1.87. The highest BCUT2D eigenvalue weighted by Crippen LogP contribution is 2.10. The number of carbonyl (C=O) groups excluding carboxylic acids is 1. The molecular weight excluding hydrogens is 263 g/mol. The summed E-state index contributed by atoms with van der Waals surface area (Å²) in [6.07, 6.45) is 2.47. The predicted octanol–water partition coefficient (Wildman–Crippen LogP) is 2.75. The van der Waals surface area contributed by atoms with Gasteiger partial charge in [0, 0.05) is 10.8 Å². The molecule has 0 saturated heterocycles. The smallest absolute Gasteiger partial charge is 0.120 e. The molecule has 0 amide bonds. The first-order valence-corrected chi connectivity index (χ1v) is 5.47. The fourth-order valence-corrected chi connectivity index (χ4v) is 1.57. The second kappa shape index (κ2) is 5.30. The van der Waals surface area contributed by atoms with E-state index in [1.54, 1.807) is 0 Å². The number of aryl methyl sites for hydroxylation is 1. The molecular formula is C10H11IO. The second-order valence-corrected chi connectivity index (χ2v) is 3.42. The topological polar surface area (TPSA) is 17.1 Å². The first-order valence-electron chi connectivity index (χ1n) is 3.94. The van der Waals surface area contributed by atoms with E-state index in [4.69, 9.17) is 0 Å². The lowest BCUT2D eigenvalue weighted by molar-refractivity contribution is -0.107. The van der Waals surface area contributed by atoms with Gasteiger partial charge in [0.05, 0.1) is 0 Å². The monoisotopic (exact) mass is 274 g/mol. The molecule has 0 N–H and O–H groups in total. The normalized spacial score (nSPS) is 9.75. The average molecular weight is 274 g/mol. The van der Waals surface area contributed by atoms with E-state index in [2.05, 4.69) is 40.8 Å². The molecule has 64 valence electrons. The maximum absolute atomic E-state index is 10.1. The lowest BCUT2D eigenvalue weighted by Gasteiger charge is -1.99. The van der Waals surface area contributed by atoms with Gasteiger partial charge in [-0.15, -0.1) is 0 Å². The molecule has 0 aliphatic rings. The van der Waals surface area contributed by atoms with E-state index in [-0.39, 0.29) is 0 Å². The Morgan fingerprint density at radius 3 is 2.75 bits per heavy atom. The van der Waals surface area contributed by atoms with Gasteiger partial charge in [-0.25, -0.2) is 0 Å². The Hall–Kier alpha value is -0.380. The van der Waals surface area contributed by atoms with Crippen molar-refractivity contribution in [2.75, 3.05) is 0 Å². The van der Waals surface area contributed by atoms with Gasteiger partial charge in [0.25, 0.3) is 0 Å². The molecule has 0 spiro atoms. The molecule has 12 heavy (non-hydrogen) atoms. The minimum atomic E-state index is 0.630. The van der Waals surface area contributed by atoms with Crippen LogP contribution in [0.2, 0.25) is 0 Å². The Morgan fingerprint density at radius 2 is 2.08 bits per heavy atom. The summed E-state index contributed by atoms with van der Waals surface area (Å²) < 4.78 is 1.03. The van der Waals surface area contributed by atoms with Crippen molar-refractivity contribution in [2.45, 2.75) is 17.3 Å². The zero-order chi connectivity index (χ0) is 8.81. The van der Waals surface area contributed by atoms with Gasteiger partial charge in [0.2, 0.25) is 0 Å². The van der Waals surface area contributed by atoms with Crippen molar-refractivity contribution in [1.29, 1.82) is 0 Å². The first kappa shape index (κ1) is 9.71. The highest BCUT2D eigenvalue weighted by Gasteiger charge is 1.93. The Balaban J connectivity index is 2.65. The largest absolute Gasteiger partial charge is 0.303 e. The number of carbonyl (C=O) groups is 1. The molecule has 2 heteroatoms. The summed E-state index contributed by atoms with van der Waals surface area (Å²) in [5.74, 6) is 0. The Kier molecular flexibility index (Phi) is 4.29. The quantitative estimate of drug-likeness (QED) is 0.468. The molecule has 1 aromatic rings. The van der Waals surface area contributed by atoms with Crippen LogP contribution >= 0.6 is 22.6 Å². The number of alkyl halides is 1. The third-order valence-electron chi connectivity index (χ3n) is 1.70. The minimum Gasteiger partial charge on any atom is -0.303 e. The van der Waals surface area contributed by atoms with E-state index in [0.717, 1.165) is 17.1 Å². The molecule has 1 aromatic carbocycles. The van der Waals surface area contributed by atoms with Crippen LogP contribution in [0.15, 0.2) is 24.3 Å². The van der Waals surface area contributed by atoms with Crippen molar-refractivity contribution in [2.24, 2.45) is 0 Å². The van der Waals surface area contributed by atoms with Gasteiger partial charge in [0.15, 0.2) is 0 Å². The second-order valence-electron chi connectivity index (χ2n) is 2.66. The molecule has 0 heterocycles. The van der Waals surface area contributed by atoms with Crippen LogP contribution in [-0.2, 0) is 15.6 Å². The van der Waals surface area contributed by atoms with Crippen molar-refractivity contribution in [3.05, 3.63) is 35.4 Å². The average Bonchev–Trinajstić information content (AvgIpc) is 2.15. The third kappa shape index (κ3) is 2.93. The van der Waals surface area contributed by atoms with E-state index in [0.29, 0.717) is 6.42 Å². The first-order chi connectivity index (χ1) is 5.86. The van der Waals surface area contributed by atoms with Crippen molar-refractivity contribution in [3.8, 4) is 0 Å². The third-order valence-corrected chi connectivity index (χ3v) is 2.58. The fourth-order valence-electron chi connectivity index (χ4n) is 1.09. The summed E-state index contributed by atoms with van der Waals surface area (Å²) in [5, 5.41) is 0. The minimum absolute atomic E-state index is 0.630. The molecule has 0 aromatic heterocycles. The van der Waals surface area contributed by atoms with Crippen LogP contribution in [0.4, 0.5) is 0 Å². The van der Waals surface area contributed by atoms with Crippen LogP contribution in [0.5, 0.6) is 0 Å². The number of halogens is 1. The maximum atomic E-state index is 10.1. The molecule has 1 rings (SSSR count). The van der Waals surface area contributed by atoms with Gasteiger partial charge in [-0.05, 0) is 17.5 Å². The standard InChI is InChI=1S/C10H11IO/c11-8-10-4-1-3-9(7-10)5-2-6-12/h1,3-4,6-7H,2,5,8H2. The number of benzene rings is 1. The summed E-state index contributed by atoms with van der Waals surface area (Å²) in [5.41, 5.74) is 2.59. The van der Waals surface area contributed by atoms with Crippen molar-refractivity contribution in [1.82, 2.24) is 0 Å². The summed E-state index contributed by atoms with van der Waals surface area (Å²) in [7, 11) is 0. The molecule has 0 bridgehead atoms. The van der Waals surface area contributed by atoms with Gasteiger partial charge >= 0.3 is 0 Å². The van der Waals surface area contributed by atoms with Crippen LogP contribution in [-0.4, -0.2) is 6.29 Å². The highest BCUT2D eigenvalue weighted by atomic mass is 127. The van der Waals surface area contributed by atoms with Crippen molar-refractivity contribution < 1.29 is 4.79 Å². The lowest BCUT2D eigenvalue weighted by atomic mass is 10.1. The molecule has 0 aliphatic carbocycles. The van der Waals surface area contributed by atoms with Crippen molar-refractivity contribution >= 4 is 28.9 Å². The zero-order valence-corrected chi connectivity index (χ0v) is 8.95. The Bertz CT molecular complexity index is 258. The van der Waals surface area contributed by atoms with Crippen LogP contribution in [0.1, 0.15) is 17.5 Å². The van der Waals surface area contributed by atoms with Crippen LogP contribution < -0.4 is 0 Å². The van der Waals surface area contributed by atoms with Gasteiger partial charge in [0.1, 0.15) is 6.29 Å². The van der Waals surface area contributed by atoms with E-state index >= 15 is 0 Å². The number of aldehydes is 1. The maximum Gasteiger partial charge on any atom is 0.120 e. The Labute approximate surface area is 86.3 Å². The van der Waals surface area contributed by atoms with Crippen LogP contribution in [0.25, 0.3) is 0 Å². The molecule has 0 radical (unpaired) electrons. The molecule has 0 saturated carbocycles. The van der Waals surface area contributed by atoms with E-state index in [1.807, 2.05) is 6.07 Å². The molecule has 0 unspecified atom stereocenters. The zero-order valence-electron chi connectivity index (χ0n) is 6.79. The highest BCUT2D eigenvalue weighted by molar-refractivity contribution is 14.1. The van der Waals surface area contributed by atoms with Gasteiger partial charge < -0.3 is 4.79 Å². The van der Waals surface area contributed by atoms with E-state index in [9.17, 15) is 4.79 Å². The van der Waals surface area contributed by atoms with Gasteiger partial charge in [-0.3, -0.25) is 0 Å². The predicted molar refractivity (Wildman–Crippen MR) is 58.6 cm³/mol. The van der Waals surface area contributed by atoms with Crippen LogP contribution in [0.3, 0.4) is 0 Å². The SMILES string of the molecule is O=CCCc1cccc(CI)c1. The molecule has 0 aliphatic heterocycles. The van der Waals surface area contributed by atoms with E-state index in [1.165, 1.54) is 11.1 Å². The van der Waals surface area contributed by atoms with Crippen molar-refractivity contribution in [3.63, 3.8) is 0 Å². The fraction of sp³-hybridized carbons (Fsp3) is 0.300.